The Labute approximate surface area is 150 Å². The fourth-order valence-corrected chi connectivity index (χ4v) is 3.03. The van der Waals surface area contributed by atoms with E-state index in [1.54, 1.807) is 0 Å². The number of carbonyl (C=O) groups excluding carboxylic acids is 2. The number of fused-ring (bicyclic) bond motifs is 1. The maximum Gasteiger partial charge on any atom is 0.288 e. The second kappa shape index (κ2) is 5.87. The fourth-order valence-electron chi connectivity index (χ4n) is 2.55. The zero-order valence-electron chi connectivity index (χ0n) is 12.2. The molecule has 3 rings (SSSR count). The van der Waals surface area contributed by atoms with Crippen LogP contribution in [0.5, 0.6) is 5.75 Å². The Balaban J connectivity index is 2.25. The third-order valence-electron chi connectivity index (χ3n) is 3.76. The third kappa shape index (κ3) is 2.54. The van der Waals surface area contributed by atoms with E-state index in [2.05, 4.69) is 0 Å². The van der Waals surface area contributed by atoms with Crippen LogP contribution in [0.1, 0.15) is 26.3 Å². The maximum absolute atomic E-state index is 12.8. The Morgan fingerprint density at radius 1 is 1.08 bits per heavy atom. The van der Waals surface area contributed by atoms with Gasteiger partial charge in [-0.05, 0) is 23.8 Å². The van der Waals surface area contributed by atoms with E-state index in [1.807, 2.05) is 0 Å². The first-order valence-electron chi connectivity index (χ1n) is 6.79. The molecule has 0 spiro atoms. The zero-order chi connectivity index (χ0) is 18.5. The fraction of sp³-hybridized carbons (Fsp3) is 0. The van der Waals surface area contributed by atoms with Gasteiger partial charge in [0, 0.05) is 11.6 Å². The zero-order valence-corrected chi connectivity index (χ0v) is 13.8. The van der Waals surface area contributed by atoms with Crippen molar-refractivity contribution in [3.63, 3.8) is 0 Å². The summed E-state index contributed by atoms with van der Waals surface area (Å²) in [5.74, 6) is -1.99. The number of nitro benzene ring substituents is 1. The summed E-state index contributed by atoms with van der Waals surface area (Å²) in [6.07, 6.45) is 0. The van der Waals surface area contributed by atoms with Crippen LogP contribution in [0.2, 0.25) is 5.02 Å². The number of nitrogen functional groups attached to an aromatic ring is 1. The minimum Gasteiger partial charge on any atom is -0.505 e. The van der Waals surface area contributed by atoms with E-state index in [4.69, 9.17) is 28.9 Å². The highest BCUT2D eigenvalue weighted by Crippen LogP contribution is 2.41. The standard InChI is InChI=1S/C16H8Cl2N2O5/c17-8-3-1-6(5-10(8)20(24)25)11-13(18)16(23)12-7(14(11)21)2-4-9(19)15(12)22/h1-5,22H,19H2. The first-order chi connectivity index (χ1) is 11.7. The second-order valence-electron chi connectivity index (χ2n) is 5.20. The highest BCUT2D eigenvalue weighted by molar-refractivity contribution is 6.57. The highest BCUT2D eigenvalue weighted by Gasteiger charge is 2.35. The SMILES string of the molecule is Nc1ccc2c(c1O)C(=O)C(Cl)=C(c1ccc(Cl)c([N+](=O)[O-])c1)C2=O. The van der Waals surface area contributed by atoms with Crippen molar-refractivity contribution in [3.8, 4) is 5.75 Å². The molecule has 7 nitrogen and oxygen atoms in total. The van der Waals surface area contributed by atoms with Crippen molar-refractivity contribution in [2.45, 2.75) is 0 Å². The lowest BCUT2D eigenvalue weighted by atomic mass is 9.85. The average molecular weight is 379 g/mol. The quantitative estimate of drug-likeness (QED) is 0.356. The Kier molecular flexibility index (Phi) is 3.98. The van der Waals surface area contributed by atoms with Gasteiger partial charge in [-0.2, -0.15) is 0 Å². The van der Waals surface area contributed by atoms with Crippen LogP contribution in [0.3, 0.4) is 0 Å². The van der Waals surface area contributed by atoms with E-state index < -0.39 is 33.0 Å². The van der Waals surface area contributed by atoms with Crippen LogP contribution in [0.25, 0.3) is 5.57 Å². The van der Waals surface area contributed by atoms with Gasteiger partial charge in [-0.15, -0.1) is 0 Å². The summed E-state index contributed by atoms with van der Waals surface area (Å²) < 4.78 is 0. The molecule has 126 valence electrons. The summed E-state index contributed by atoms with van der Waals surface area (Å²) in [6, 6.07) is 6.21. The number of phenols is 1. The molecule has 0 fully saturated rings. The van der Waals surface area contributed by atoms with Gasteiger partial charge in [0.05, 0.1) is 21.7 Å². The number of nitrogens with zero attached hydrogens (tertiary/aromatic N) is 1. The molecule has 2 aromatic rings. The van der Waals surface area contributed by atoms with E-state index in [0.717, 1.165) is 6.07 Å². The summed E-state index contributed by atoms with van der Waals surface area (Å²) in [7, 11) is 0. The molecule has 9 heteroatoms. The lowest BCUT2D eigenvalue weighted by molar-refractivity contribution is -0.384. The van der Waals surface area contributed by atoms with Crippen molar-refractivity contribution in [3.05, 3.63) is 67.2 Å². The minimum atomic E-state index is -0.798. The number of rotatable bonds is 2. The maximum atomic E-state index is 12.8. The molecule has 0 saturated heterocycles. The minimum absolute atomic E-state index is 0.0708. The van der Waals surface area contributed by atoms with E-state index in [0.29, 0.717) is 0 Å². The largest absolute Gasteiger partial charge is 0.505 e. The summed E-state index contributed by atoms with van der Waals surface area (Å²) in [5, 5.41) is 20.4. The predicted molar refractivity (Wildman–Crippen MR) is 92.1 cm³/mol. The number of aromatic hydroxyl groups is 1. The lowest BCUT2D eigenvalue weighted by Gasteiger charge is -2.19. The van der Waals surface area contributed by atoms with Crippen LogP contribution in [0.4, 0.5) is 11.4 Å². The van der Waals surface area contributed by atoms with Crippen molar-refractivity contribution in [2.24, 2.45) is 0 Å². The number of hydrogen-bond acceptors (Lipinski definition) is 6. The van der Waals surface area contributed by atoms with Gasteiger partial charge < -0.3 is 10.8 Å². The Morgan fingerprint density at radius 2 is 1.76 bits per heavy atom. The molecule has 0 aliphatic heterocycles. The summed E-state index contributed by atoms with van der Waals surface area (Å²) >= 11 is 11.8. The number of nitrogens with two attached hydrogens (primary N) is 1. The molecule has 25 heavy (non-hydrogen) atoms. The van der Waals surface area contributed by atoms with Gasteiger partial charge in [-0.1, -0.05) is 29.3 Å². The number of phenolic OH excluding ortho intramolecular Hbond substituents is 1. The number of nitro groups is 1. The molecule has 0 heterocycles. The van der Waals surface area contributed by atoms with E-state index >= 15 is 0 Å². The molecule has 0 amide bonds. The number of allylic oxidation sites excluding steroid dienone is 2. The van der Waals surface area contributed by atoms with Crippen molar-refractivity contribution >= 4 is 51.7 Å². The molecule has 0 unspecified atom stereocenters. The van der Waals surface area contributed by atoms with Gasteiger partial charge in [-0.25, -0.2) is 0 Å². The predicted octanol–water partition coefficient (Wildman–Crippen LogP) is 3.57. The van der Waals surface area contributed by atoms with Crippen molar-refractivity contribution in [2.75, 3.05) is 5.73 Å². The van der Waals surface area contributed by atoms with Crippen molar-refractivity contribution in [1.82, 2.24) is 0 Å². The van der Waals surface area contributed by atoms with Crippen LogP contribution in [0.15, 0.2) is 35.4 Å². The smallest absolute Gasteiger partial charge is 0.288 e. The summed E-state index contributed by atoms with van der Waals surface area (Å²) in [5.41, 5.74) is 4.53. The van der Waals surface area contributed by atoms with Crippen LogP contribution in [-0.2, 0) is 0 Å². The molecule has 0 atom stereocenters. The first kappa shape index (κ1) is 16.9. The van der Waals surface area contributed by atoms with Crippen LogP contribution in [-0.4, -0.2) is 21.6 Å². The van der Waals surface area contributed by atoms with Gasteiger partial charge in [0.25, 0.3) is 5.69 Å². The van der Waals surface area contributed by atoms with Crippen molar-refractivity contribution < 1.29 is 19.6 Å². The van der Waals surface area contributed by atoms with E-state index in [1.165, 1.54) is 24.3 Å². The molecule has 0 aromatic heterocycles. The average Bonchev–Trinajstić information content (AvgIpc) is 2.56. The van der Waals surface area contributed by atoms with Gasteiger partial charge in [-0.3, -0.25) is 19.7 Å². The second-order valence-corrected chi connectivity index (χ2v) is 5.98. The molecule has 1 aliphatic rings. The molecule has 1 aliphatic carbocycles. The third-order valence-corrected chi connectivity index (χ3v) is 4.44. The molecule has 0 radical (unpaired) electrons. The highest BCUT2D eigenvalue weighted by atomic mass is 35.5. The monoisotopic (exact) mass is 378 g/mol. The molecular weight excluding hydrogens is 371 g/mol. The molecule has 3 N–H and O–H groups in total. The summed E-state index contributed by atoms with van der Waals surface area (Å²) in [6.45, 7) is 0. The van der Waals surface area contributed by atoms with Gasteiger partial charge in [0.2, 0.25) is 5.78 Å². The van der Waals surface area contributed by atoms with E-state index in [9.17, 15) is 24.8 Å². The van der Waals surface area contributed by atoms with Gasteiger partial charge in [0.1, 0.15) is 15.8 Å². The molecule has 0 bridgehead atoms. The Hall–Kier alpha value is -2.90. The van der Waals surface area contributed by atoms with Crippen LogP contribution < -0.4 is 5.73 Å². The topological polar surface area (TPSA) is 124 Å². The number of benzene rings is 2. The molecule has 2 aromatic carbocycles. The Bertz CT molecular complexity index is 1010. The van der Waals surface area contributed by atoms with Crippen molar-refractivity contribution in [1.29, 1.82) is 0 Å². The lowest BCUT2D eigenvalue weighted by Crippen LogP contribution is -2.20. The number of halogens is 2. The van der Waals surface area contributed by atoms with E-state index in [-0.39, 0.29) is 33.0 Å². The number of ketones is 2. The van der Waals surface area contributed by atoms with Crippen LogP contribution in [0, 0.1) is 10.1 Å². The Morgan fingerprint density at radius 3 is 2.40 bits per heavy atom. The molecular formula is C16H8Cl2N2O5. The normalized spacial score (nSPS) is 13.8. The first-order valence-corrected chi connectivity index (χ1v) is 7.54. The summed E-state index contributed by atoms with van der Waals surface area (Å²) in [4.78, 5) is 35.6. The van der Waals surface area contributed by atoms with Crippen LogP contribution >= 0.6 is 23.2 Å². The van der Waals surface area contributed by atoms with Gasteiger partial charge >= 0.3 is 0 Å². The molecule has 0 saturated carbocycles. The number of hydrogen-bond donors (Lipinski definition) is 2. The number of Topliss-reactive ketones (excluding diaryl/α,β-unsaturated/α-hetero) is 2. The number of anilines is 1. The van der Waals surface area contributed by atoms with Gasteiger partial charge in [0.15, 0.2) is 5.78 Å². The number of carbonyl (C=O) groups is 2.